The number of carboxylic acid groups (broad SMARTS) is 1. The Kier molecular flexibility index (Phi) is 9.96. The van der Waals surface area contributed by atoms with Crippen molar-refractivity contribution in [1.82, 2.24) is 9.88 Å². The van der Waals surface area contributed by atoms with Crippen molar-refractivity contribution in [3.63, 3.8) is 0 Å². The molecule has 0 saturated heterocycles. The Labute approximate surface area is 194 Å². The van der Waals surface area contributed by atoms with E-state index in [2.05, 4.69) is 22.1 Å². The van der Waals surface area contributed by atoms with E-state index in [0.29, 0.717) is 16.9 Å². The van der Waals surface area contributed by atoms with Crippen LogP contribution in [0, 0.1) is 11.8 Å². The molecule has 0 spiro atoms. The Morgan fingerprint density at radius 1 is 1.16 bits per heavy atom. The number of carbonyl (C=O) groups excluding carboxylic acids is 1. The second kappa shape index (κ2) is 12.7. The fraction of sp³-hybridized carbons (Fsp3) is 0.783. The minimum atomic E-state index is -0.794. The Hall–Kier alpha value is -1.28. The van der Waals surface area contributed by atoms with Gasteiger partial charge in [-0.2, -0.15) is 0 Å². The van der Waals surface area contributed by atoms with Gasteiger partial charge in [0.25, 0.3) is 0 Å². The number of thioether (sulfide) groups is 1. The molecule has 1 aromatic rings. The smallest absolute Gasteiger partial charge is 0.323 e. The van der Waals surface area contributed by atoms with Gasteiger partial charge in [0, 0.05) is 18.3 Å². The van der Waals surface area contributed by atoms with Gasteiger partial charge in [-0.25, -0.2) is 9.78 Å². The second-order valence-electron chi connectivity index (χ2n) is 8.98. The van der Waals surface area contributed by atoms with Gasteiger partial charge in [-0.05, 0) is 43.9 Å². The van der Waals surface area contributed by atoms with E-state index in [1.54, 1.807) is 6.20 Å². The number of urea groups is 1. The number of hydrogen-bond donors (Lipinski definition) is 2. The van der Waals surface area contributed by atoms with Gasteiger partial charge in [0.1, 0.15) is 0 Å². The number of amides is 2. The molecule has 2 aliphatic rings. The van der Waals surface area contributed by atoms with E-state index in [4.69, 9.17) is 5.11 Å². The molecule has 0 atom stereocenters. The third kappa shape index (κ3) is 7.97. The van der Waals surface area contributed by atoms with Gasteiger partial charge in [0.05, 0.1) is 16.8 Å². The number of nitrogens with zero attached hydrogens (tertiary/aromatic N) is 2. The zero-order valence-corrected chi connectivity index (χ0v) is 20.3. The van der Waals surface area contributed by atoms with E-state index in [1.807, 2.05) is 0 Å². The molecule has 1 aromatic heterocycles. The van der Waals surface area contributed by atoms with Crippen molar-refractivity contribution in [3.8, 4) is 0 Å². The summed E-state index contributed by atoms with van der Waals surface area (Å²) in [6.45, 7) is 3.11. The molecule has 2 aliphatic carbocycles. The Bertz CT molecular complexity index is 698. The zero-order chi connectivity index (χ0) is 22.1. The summed E-state index contributed by atoms with van der Waals surface area (Å²) in [6.07, 6.45) is 15.5. The minimum absolute atomic E-state index is 0.0211. The zero-order valence-electron chi connectivity index (χ0n) is 18.7. The first-order valence-electron chi connectivity index (χ1n) is 11.9. The van der Waals surface area contributed by atoms with Crippen molar-refractivity contribution in [2.24, 2.45) is 11.8 Å². The van der Waals surface area contributed by atoms with Crippen molar-refractivity contribution in [2.75, 3.05) is 17.6 Å². The van der Waals surface area contributed by atoms with Crippen molar-refractivity contribution in [1.29, 1.82) is 0 Å². The van der Waals surface area contributed by atoms with Gasteiger partial charge in [-0.15, -0.1) is 11.8 Å². The first-order chi connectivity index (χ1) is 15.0. The van der Waals surface area contributed by atoms with Gasteiger partial charge < -0.3 is 10.0 Å². The van der Waals surface area contributed by atoms with Crippen LogP contribution >= 0.6 is 23.1 Å². The summed E-state index contributed by atoms with van der Waals surface area (Å²) in [4.78, 5) is 30.4. The predicted octanol–water partition coefficient (Wildman–Crippen LogP) is 6.48. The van der Waals surface area contributed by atoms with Crippen molar-refractivity contribution >= 4 is 40.2 Å². The normalized spacial score (nSPS) is 22.2. The number of hydrogen-bond acceptors (Lipinski definition) is 5. The Morgan fingerprint density at radius 2 is 1.90 bits per heavy atom. The highest BCUT2D eigenvalue weighted by Crippen LogP contribution is 2.33. The number of carboxylic acids is 1. The molecular formula is C23H37N3O3S2. The molecule has 0 aromatic carbocycles. The molecule has 2 amide bonds. The fourth-order valence-corrected chi connectivity index (χ4v) is 6.77. The highest BCUT2D eigenvalue weighted by Gasteiger charge is 2.29. The number of carbonyl (C=O) groups is 2. The predicted molar refractivity (Wildman–Crippen MR) is 128 cm³/mol. The maximum absolute atomic E-state index is 13.2. The molecule has 1 heterocycles. The standard InChI is InChI=1S/C23H37N3O3S2/c1-2-17-8-10-19(11-9-17)26(14-12-18-6-4-3-5-7-18)23(29)25-22-24-16-21(31-22)30-15-13-20(27)28/h16-19H,2-15H2,1H3,(H,27,28)(H,24,25,29). The Morgan fingerprint density at radius 3 is 2.58 bits per heavy atom. The van der Waals surface area contributed by atoms with Crippen LogP contribution in [0.3, 0.4) is 0 Å². The van der Waals surface area contributed by atoms with E-state index in [9.17, 15) is 9.59 Å². The SMILES string of the molecule is CCC1CCC(N(CCC2CCCCC2)C(=O)Nc2ncc(SCCC(=O)O)s2)CC1. The highest BCUT2D eigenvalue weighted by atomic mass is 32.2. The van der Waals surface area contributed by atoms with Crippen LogP contribution in [0.25, 0.3) is 0 Å². The monoisotopic (exact) mass is 467 g/mol. The van der Waals surface area contributed by atoms with Gasteiger partial charge >= 0.3 is 12.0 Å². The quantitative estimate of drug-likeness (QED) is 0.385. The molecule has 0 bridgehead atoms. The lowest BCUT2D eigenvalue weighted by atomic mass is 9.83. The average molecular weight is 468 g/mol. The van der Waals surface area contributed by atoms with E-state index in [1.165, 1.54) is 74.5 Å². The number of nitrogens with one attached hydrogen (secondary N) is 1. The van der Waals surface area contributed by atoms with Crippen LogP contribution in [-0.2, 0) is 4.79 Å². The molecule has 2 N–H and O–H groups in total. The number of aliphatic carboxylic acids is 1. The number of rotatable bonds is 10. The molecular weight excluding hydrogens is 430 g/mol. The van der Waals surface area contributed by atoms with Crippen LogP contribution < -0.4 is 5.32 Å². The van der Waals surface area contributed by atoms with Crippen molar-refractivity contribution in [3.05, 3.63) is 6.20 Å². The first-order valence-corrected chi connectivity index (χ1v) is 13.7. The molecule has 8 heteroatoms. The summed E-state index contributed by atoms with van der Waals surface area (Å²) in [5.41, 5.74) is 0. The number of thiazole rings is 1. The summed E-state index contributed by atoms with van der Waals surface area (Å²) in [6, 6.07) is 0.308. The lowest BCUT2D eigenvalue weighted by Crippen LogP contribution is -2.45. The third-order valence-electron chi connectivity index (χ3n) is 6.86. The van der Waals surface area contributed by atoms with Gasteiger partial charge in [0.2, 0.25) is 0 Å². The van der Waals surface area contributed by atoms with Crippen LogP contribution in [0.5, 0.6) is 0 Å². The van der Waals surface area contributed by atoms with E-state index in [-0.39, 0.29) is 12.5 Å². The number of anilines is 1. The molecule has 2 saturated carbocycles. The molecule has 174 valence electrons. The molecule has 0 unspecified atom stereocenters. The molecule has 31 heavy (non-hydrogen) atoms. The molecule has 0 radical (unpaired) electrons. The molecule has 0 aliphatic heterocycles. The highest BCUT2D eigenvalue weighted by molar-refractivity contribution is 8.01. The van der Waals surface area contributed by atoms with E-state index < -0.39 is 5.97 Å². The summed E-state index contributed by atoms with van der Waals surface area (Å²) >= 11 is 2.90. The lowest BCUT2D eigenvalue weighted by Gasteiger charge is -2.37. The summed E-state index contributed by atoms with van der Waals surface area (Å²) in [5.74, 6) is 1.29. The van der Waals surface area contributed by atoms with Gasteiger partial charge in [-0.3, -0.25) is 10.1 Å². The summed E-state index contributed by atoms with van der Waals surface area (Å²) in [7, 11) is 0. The molecule has 3 rings (SSSR count). The first kappa shape index (κ1) is 24.4. The second-order valence-corrected chi connectivity index (χ2v) is 11.4. The average Bonchev–Trinajstić information content (AvgIpc) is 3.22. The minimum Gasteiger partial charge on any atom is -0.481 e. The maximum atomic E-state index is 13.2. The maximum Gasteiger partial charge on any atom is 0.323 e. The van der Waals surface area contributed by atoms with Crippen LogP contribution in [0.4, 0.5) is 9.93 Å². The third-order valence-corrected chi connectivity index (χ3v) is 8.97. The molecule has 6 nitrogen and oxygen atoms in total. The summed E-state index contributed by atoms with van der Waals surface area (Å²) < 4.78 is 0.939. The van der Waals surface area contributed by atoms with Crippen LogP contribution in [0.2, 0.25) is 0 Å². The van der Waals surface area contributed by atoms with Crippen LogP contribution in [-0.4, -0.2) is 45.3 Å². The molecule has 2 fully saturated rings. The Balaban J connectivity index is 1.57. The van der Waals surface area contributed by atoms with Crippen molar-refractivity contribution < 1.29 is 14.7 Å². The fourth-order valence-electron chi connectivity index (χ4n) is 4.90. The largest absolute Gasteiger partial charge is 0.481 e. The van der Waals surface area contributed by atoms with Gasteiger partial charge in [-0.1, -0.05) is 56.8 Å². The topological polar surface area (TPSA) is 82.5 Å². The summed E-state index contributed by atoms with van der Waals surface area (Å²) in [5, 5.41) is 12.4. The van der Waals surface area contributed by atoms with Crippen LogP contribution in [0.15, 0.2) is 10.4 Å². The van der Waals surface area contributed by atoms with Crippen LogP contribution in [0.1, 0.15) is 84.0 Å². The lowest BCUT2D eigenvalue weighted by molar-refractivity contribution is -0.136. The van der Waals surface area contributed by atoms with E-state index in [0.717, 1.165) is 41.9 Å². The van der Waals surface area contributed by atoms with E-state index >= 15 is 0 Å². The van der Waals surface area contributed by atoms with Gasteiger partial charge in [0.15, 0.2) is 5.13 Å². The van der Waals surface area contributed by atoms with Crippen molar-refractivity contribution in [2.45, 2.75) is 94.2 Å². The number of aromatic nitrogens is 1.